The molecule has 3 aliphatic heterocycles. The lowest BCUT2D eigenvalue weighted by molar-refractivity contribution is 0.0560. The van der Waals surface area contributed by atoms with Crippen LogP contribution >= 0.6 is 0 Å². The van der Waals surface area contributed by atoms with Gasteiger partial charge in [0.05, 0.1) is 47.1 Å². The number of nitrogens with zero attached hydrogens (tertiary/aromatic N) is 3. The summed E-state index contributed by atoms with van der Waals surface area (Å²) < 4.78 is 27.7. The summed E-state index contributed by atoms with van der Waals surface area (Å²) in [7, 11) is 8.38. The van der Waals surface area contributed by atoms with Crippen LogP contribution in [-0.2, 0) is 17.7 Å². The predicted molar refractivity (Wildman–Crippen MR) is 152 cm³/mol. The quantitative estimate of drug-likeness (QED) is 0.450. The Labute approximate surface area is 237 Å². The van der Waals surface area contributed by atoms with Gasteiger partial charge < -0.3 is 28.6 Å². The summed E-state index contributed by atoms with van der Waals surface area (Å²) in [5.74, 6) is 3.09. The van der Waals surface area contributed by atoms with E-state index in [0.29, 0.717) is 26.1 Å². The van der Waals surface area contributed by atoms with E-state index < -0.39 is 0 Å². The lowest BCUT2D eigenvalue weighted by Gasteiger charge is -2.46. The molecule has 0 N–H and O–H groups in total. The first-order valence-corrected chi connectivity index (χ1v) is 13.9. The van der Waals surface area contributed by atoms with Gasteiger partial charge >= 0.3 is 6.03 Å². The van der Waals surface area contributed by atoms with Crippen molar-refractivity contribution in [2.75, 3.05) is 61.8 Å². The molecule has 2 amide bonds. The first-order chi connectivity index (χ1) is 19.4. The highest BCUT2D eigenvalue weighted by atomic mass is 16.5. The smallest absolute Gasteiger partial charge is 0.325 e. The Morgan fingerprint density at radius 1 is 0.875 bits per heavy atom. The molecule has 0 aromatic heterocycles. The second-order valence-electron chi connectivity index (χ2n) is 10.7. The Hall–Kier alpha value is -3.43. The van der Waals surface area contributed by atoms with E-state index in [4.69, 9.17) is 23.7 Å². The molecule has 0 radical (unpaired) electrons. The van der Waals surface area contributed by atoms with Gasteiger partial charge in [0.2, 0.25) is 0 Å². The predicted octanol–water partition coefficient (Wildman–Crippen LogP) is 4.64. The van der Waals surface area contributed by atoms with E-state index >= 15 is 0 Å². The second kappa shape index (κ2) is 11.6. The van der Waals surface area contributed by atoms with Gasteiger partial charge in [0.1, 0.15) is 23.0 Å². The van der Waals surface area contributed by atoms with Crippen molar-refractivity contribution in [1.82, 2.24) is 14.7 Å². The number of likely N-dealkylation sites (tertiary alicyclic amines) is 1. The zero-order valence-corrected chi connectivity index (χ0v) is 24.5. The molecular weight excluding hydrogens is 510 g/mol. The Kier molecular flexibility index (Phi) is 8.14. The van der Waals surface area contributed by atoms with Crippen LogP contribution in [0.3, 0.4) is 0 Å². The number of piperidine rings is 1. The lowest BCUT2D eigenvalue weighted by Crippen LogP contribution is -2.54. The minimum Gasteiger partial charge on any atom is -0.497 e. The first-order valence-electron chi connectivity index (χ1n) is 13.9. The minimum atomic E-state index is -0.378. The van der Waals surface area contributed by atoms with E-state index in [0.717, 1.165) is 71.3 Å². The van der Waals surface area contributed by atoms with Gasteiger partial charge in [-0.15, -0.1) is 0 Å². The van der Waals surface area contributed by atoms with Crippen molar-refractivity contribution < 1.29 is 28.5 Å². The number of allylic oxidation sites excluding steroid dienone is 1. The summed E-state index contributed by atoms with van der Waals surface area (Å²) >= 11 is 0. The second-order valence-corrected chi connectivity index (χ2v) is 10.7. The van der Waals surface area contributed by atoms with E-state index in [1.165, 1.54) is 0 Å². The number of carbonyl (C=O) groups is 1. The molecule has 0 bridgehead atoms. The van der Waals surface area contributed by atoms with Crippen LogP contribution < -0.4 is 18.9 Å². The fourth-order valence-electron chi connectivity index (χ4n) is 6.57. The van der Waals surface area contributed by atoms with Gasteiger partial charge in [-0.1, -0.05) is 6.08 Å². The fourth-order valence-corrected chi connectivity index (χ4v) is 6.57. The number of fused-ring (bicyclic) bond motifs is 3. The number of amides is 2. The maximum atomic E-state index is 14.0. The molecule has 3 aliphatic rings. The molecule has 1 atom stereocenters. The third kappa shape index (κ3) is 4.86. The van der Waals surface area contributed by atoms with Crippen molar-refractivity contribution in [3.05, 3.63) is 58.8 Å². The van der Waals surface area contributed by atoms with Gasteiger partial charge in [-0.2, -0.15) is 0 Å². The summed E-state index contributed by atoms with van der Waals surface area (Å²) in [5.41, 5.74) is 4.03. The molecular formula is C31H41N3O6. The zero-order chi connectivity index (χ0) is 28.4. The van der Waals surface area contributed by atoms with Crippen LogP contribution in [0, 0.1) is 0 Å². The number of ether oxygens (including phenoxy) is 5. The molecule has 2 aromatic rings. The molecule has 0 saturated carbocycles. The van der Waals surface area contributed by atoms with Crippen molar-refractivity contribution in [3.8, 4) is 23.0 Å². The summed E-state index contributed by atoms with van der Waals surface area (Å²) in [6.45, 7) is 5.47. The molecule has 1 unspecified atom stereocenters. The van der Waals surface area contributed by atoms with Gasteiger partial charge in [-0.05, 0) is 55.5 Å². The maximum absolute atomic E-state index is 14.0. The summed E-state index contributed by atoms with van der Waals surface area (Å²) in [6.07, 6.45) is 4.63. The van der Waals surface area contributed by atoms with Gasteiger partial charge in [0.15, 0.2) is 0 Å². The average molecular weight is 552 g/mol. The third-order valence-corrected chi connectivity index (χ3v) is 8.85. The summed E-state index contributed by atoms with van der Waals surface area (Å²) in [6, 6.07) is 10.2. The van der Waals surface area contributed by atoms with Crippen molar-refractivity contribution >= 4 is 6.03 Å². The molecule has 40 heavy (non-hydrogen) atoms. The lowest BCUT2D eigenvalue weighted by atomic mass is 9.82. The Bertz CT molecular complexity index is 1250. The highest BCUT2D eigenvalue weighted by Crippen LogP contribution is 2.47. The van der Waals surface area contributed by atoms with Gasteiger partial charge in [0.25, 0.3) is 0 Å². The molecule has 2 fully saturated rings. The highest BCUT2D eigenvalue weighted by molar-refractivity contribution is 5.83. The number of hydrogen-bond donors (Lipinski definition) is 0. The van der Waals surface area contributed by atoms with Crippen LogP contribution in [0.5, 0.6) is 23.0 Å². The topological polar surface area (TPSA) is 72.9 Å². The molecule has 0 aliphatic carbocycles. The van der Waals surface area contributed by atoms with E-state index in [-0.39, 0.29) is 17.6 Å². The van der Waals surface area contributed by atoms with Crippen LogP contribution in [-0.4, -0.2) is 88.1 Å². The first kappa shape index (κ1) is 28.1. The maximum Gasteiger partial charge on any atom is 0.325 e. The highest BCUT2D eigenvalue weighted by Gasteiger charge is 2.55. The molecule has 5 rings (SSSR count). The fraction of sp³-hybridized carbons (Fsp3) is 0.516. The molecule has 2 aromatic carbocycles. The number of hydrogen-bond acceptors (Lipinski definition) is 7. The van der Waals surface area contributed by atoms with Crippen molar-refractivity contribution in [1.29, 1.82) is 0 Å². The largest absolute Gasteiger partial charge is 0.497 e. The van der Waals surface area contributed by atoms with Gasteiger partial charge in [0, 0.05) is 56.2 Å². The zero-order valence-electron chi connectivity index (χ0n) is 24.5. The van der Waals surface area contributed by atoms with Crippen molar-refractivity contribution in [2.24, 2.45) is 0 Å². The monoisotopic (exact) mass is 551 g/mol. The normalized spacial score (nSPS) is 19.1. The van der Waals surface area contributed by atoms with Crippen LogP contribution in [0.2, 0.25) is 0 Å². The summed E-state index contributed by atoms with van der Waals surface area (Å²) in [5, 5.41) is 0. The SMILES string of the molecule is COCCN1C(=O)N2Cc3cc(OC)cc(OC)c3CC=C2C12CCN(C(C)c1cc(OC)cc(OC)c1)CC2. The van der Waals surface area contributed by atoms with Gasteiger partial charge in [-0.25, -0.2) is 4.79 Å². The number of urea groups is 1. The van der Waals surface area contributed by atoms with E-state index in [1.54, 1.807) is 35.5 Å². The van der Waals surface area contributed by atoms with Crippen LogP contribution in [0.4, 0.5) is 4.79 Å². The molecule has 9 nitrogen and oxygen atoms in total. The Balaban J connectivity index is 1.44. The van der Waals surface area contributed by atoms with Crippen LogP contribution in [0.15, 0.2) is 42.1 Å². The molecule has 9 heteroatoms. The summed E-state index contributed by atoms with van der Waals surface area (Å²) in [4.78, 5) is 20.5. The van der Waals surface area contributed by atoms with Crippen LogP contribution in [0.1, 0.15) is 42.5 Å². The molecule has 1 spiro atoms. The van der Waals surface area contributed by atoms with Crippen LogP contribution in [0.25, 0.3) is 0 Å². The molecule has 216 valence electrons. The Morgan fingerprint density at radius 3 is 2.12 bits per heavy atom. The van der Waals surface area contributed by atoms with E-state index in [2.05, 4.69) is 34.9 Å². The van der Waals surface area contributed by atoms with Gasteiger partial charge in [-0.3, -0.25) is 9.80 Å². The third-order valence-electron chi connectivity index (χ3n) is 8.85. The van der Waals surface area contributed by atoms with E-state index in [9.17, 15) is 4.79 Å². The standard InChI is InChI=1S/C31H41N3O6/c1-21(22-15-24(37-3)18-25(16-22)38-4)32-11-9-31(10-12-32)29-8-7-27-23(17-26(39-5)19-28(27)40-6)20-33(29)30(35)34(31)13-14-36-2/h8,15-19,21H,7,9-14,20H2,1-6H3. The number of benzene rings is 2. The number of rotatable bonds is 9. The number of methoxy groups -OCH3 is 5. The molecule has 2 saturated heterocycles. The van der Waals surface area contributed by atoms with E-state index in [1.807, 2.05) is 23.1 Å². The number of carbonyl (C=O) groups excluding carboxylic acids is 1. The average Bonchev–Trinajstić information content (AvgIpc) is 3.11. The Morgan fingerprint density at radius 2 is 1.52 bits per heavy atom. The molecule has 3 heterocycles. The van der Waals surface area contributed by atoms with Crippen molar-refractivity contribution in [3.63, 3.8) is 0 Å². The minimum absolute atomic E-state index is 0.0389. The van der Waals surface area contributed by atoms with Crippen molar-refractivity contribution in [2.45, 2.75) is 44.3 Å².